The van der Waals surface area contributed by atoms with Gasteiger partial charge in [0.25, 0.3) is 0 Å². The smallest absolute Gasteiger partial charge is 0.178 e. The number of nitrogens with zero attached hydrogens (tertiary/aromatic N) is 3. The number of halogens is 1. The van der Waals surface area contributed by atoms with Crippen LogP contribution in [0.3, 0.4) is 0 Å². The van der Waals surface area contributed by atoms with Crippen molar-refractivity contribution in [1.82, 2.24) is 14.6 Å². The van der Waals surface area contributed by atoms with Gasteiger partial charge in [-0.25, -0.2) is 13.9 Å². The zero-order chi connectivity index (χ0) is 11.8. The topological polar surface area (TPSA) is 56.2 Å². The Hall–Kier alpha value is -2.43. The number of benzene rings is 1. The standard InChI is InChI=1S/C12H9FN4/c13-9-5-2-1-4-8(9)11-10(14)12-15-6-3-7-17(12)16-11/h1-7H,14H2. The summed E-state index contributed by atoms with van der Waals surface area (Å²) in [5.41, 5.74) is 7.65. The molecule has 2 heterocycles. The van der Waals surface area contributed by atoms with Crippen LogP contribution >= 0.6 is 0 Å². The van der Waals surface area contributed by atoms with Crippen molar-refractivity contribution >= 4 is 11.3 Å². The highest BCUT2D eigenvalue weighted by Crippen LogP contribution is 2.28. The molecule has 17 heavy (non-hydrogen) atoms. The maximum atomic E-state index is 13.7. The third-order valence-corrected chi connectivity index (χ3v) is 2.56. The molecule has 3 rings (SSSR count). The lowest BCUT2D eigenvalue weighted by atomic mass is 10.1. The van der Waals surface area contributed by atoms with Gasteiger partial charge in [0.2, 0.25) is 0 Å². The number of fused-ring (bicyclic) bond motifs is 1. The minimum Gasteiger partial charge on any atom is -0.394 e. The van der Waals surface area contributed by atoms with Crippen molar-refractivity contribution in [2.24, 2.45) is 0 Å². The lowest BCUT2D eigenvalue weighted by Gasteiger charge is -1.98. The Labute approximate surface area is 96.5 Å². The number of rotatable bonds is 1. The van der Waals surface area contributed by atoms with Crippen molar-refractivity contribution < 1.29 is 4.39 Å². The lowest BCUT2D eigenvalue weighted by Crippen LogP contribution is -1.90. The predicted molar refractivity (Wildman–Crippen MR) is 62.8 cm³/mol. The van der Waals surface area contributed by atoms with Crippen molar-refractivity contribution in [3.05, 3.63) is 48.5 Å². The molecule has 0 fully saturated rings. The molecule has 0 aliphatic heterocycles. The van der Waals surface area contributed by atoms with Crippen LogP contribution in [0.25, 0.3) is 16.9 Å². The molecular weight excluding hydrogens is 219 g/mol. The molecule has 1 aromatic carbocycles. The van der Waals surface area contributed by atoms with E-state index in [9.17, 15) is 4.39 Å². The average molecular weight is 228 g/mol. The van der Waals surface area contributed by atoms with Gasteiger partial charge in [-0.05, 0) is 18.2 Å². The van der Waals surface area contributed by atoms with E-state index in [1.54, 1.807) is 36.7 Å². The monoisotopic (exact) mass is 228 g/mol. The van der Waals surface area contributed by atoms with Crippen LogP contribution in [-0.2, 0) is 0 Å². The molecule has 3 aromatic rings. The van der Waals surface area contributed by atoms with E-state index in [0.717, 1.165) is 0 Å². The summed E-state index contributed by atoms with van der Waals surface area (Å²) in [6.07, 6.45) is 3.35. The molecule has 0 saturated carbocycles. The number of nitrogens with two attached hydrogens (primary N) is 1. The first-order valence-electron chi connectivity index (χ1n) is 5.11. The third-order valence-electron chi connectivity index (χ3n) is 2.56. The fourth-order valence-electron chi connectivity index (χ4n) is 1.76. The van der Waals surface area contributed by atoms with Crippen LogP contribution in [-0.4, -0.2) is 14.6 Å². The minimum atomic E-state index is -0.345. The molecule has 0 saturated heterocycles. The van der Waals surface area contributed by atoms with E-state index in [-0.39, 0.29) is 5.82 Å². The second kappa shape index (κ2) is 3.55. The van der Waals surface area contributed by atoms with Crippen LogP contribution in [0.1, 0.15) is 0 Å². The normalized spacial score (nSPS) is 10.9. The average Bonchev–Trinajstić information content (AvgIpc) is 2.68. The van der Waals surface area contributed by atoms with Crippen LogP contribution in [0, 0.1) is 5.82 Å². The van der Waals surface area contributed by atoms with Gasteiger partial charge in [0.15, 0.2) is 5.65 Å². The Morgan fingerprint density at radius 2 is 2.00 bits per heavy atom. The summed E-state index contributed by atoms with van der Waals surface area (Å²) in [7, 11) is 0. The van der Waals surface area contributed by atoms with E-state index in [2.05, 4.69) is 10.1 Å². The van der Waals surface area contributed by atoms with Gasteiger partial charge in [-0.1, -0.05) is 12.1 Å². The minimum absolute atomic E-state index is 0.345. The molecule has 0 unspecified atom stereocenters. The van der Waals surface area contributed by atoms with Crippen molar-refractivity contribution in [2.75, 3.05) is 5.73 Å². The summed E-state index contributed by atoms with van der Waals surface area (Å²) in [6, 6.07) is 8.14. The van der Waals surface area contributed by atoms with E-state index in [1.807, 2.05) is 0 Å². The van der Waals surface area contributed by atoms with Crippen LogP contribution in [0.4, 0.5) is 10.1 Å². The van der Waals surface area contributed by atoms with E-state index in [0.29, 0.717) is 22.6 Å². The summed E-state index contributed by atoms with van der Waals surface area (Å²) in [5, 5.41) is 4.23. The quantitative estimate of drug-likeness (QED) is 0.694. The van der Waals surface area contributed by atoms with Gasteiger partial charge in [-0.2, -0.15) is 5.10 Å². The number of anilines is 1. The Morgan fingerprint density at radius 3 is 2.76 bits per heavy atom. The zero-order valence-electron chi connectivity index (χ0n) is 8.84. The van der Waals surface area contributed by atoms with E-state index in [4.69, 9.17) is 5.73 Å². The third kappa shape index (κ3) is 1.44. The first-order valence-corrected chi connectivity index (χ1v) is 5.11. The summed E-state index contributed by atoms with van der Waals surface area (Å²) in [5.74, 6) is -0.345. The molecule has 0 aliphatic carbocycles. The van der Waals surface area contributed by atoms with Crippen molar-refractivity contribution in [3.63, 3.8) is 0 Å². The summed E-state index contributed by atoms with van der Waals surface area (Å²) >= 11 is 0. The largest absolute Gasteiger partial charge is 0.394 e. The van der Waals surface area contributed by atoms with Crippen molar-refractivity contribution in [2.45, 2.75) is 0 Å². The fraction of sp³-hybridized carbons (Fsp3) is 0. The number of nitrogen functional groups attached to an aromatic ring is 1. The van der Waals surface area contributed by atoms with Crippen molar-refractivity contribution in [1.29, 1.82) is 0 Å². The second-order valence-corrected chi connectivity index (χ2v) is 3.63. The molecule has 0 spiro atoms. The summed E-state index contributed by atoms with van der Waals surface area (Å²) in [6.45, 7) is 0. The highest BCUT2D eigenvalue weighted by molar-refractivity contribution is 5.83. The SMILES string of the molecule is Nc1c(-c2ccccc2F)nn2cccnc12. The zero-order valence-corrected chi connectivity index (χ0v) is 8.84. The predicted octanol–water partition coefficient (Wildman–Crippen LogP) is 2.12. The highest BCUT2D eigenvalue weighted by atomic mass is 19.1. The Balaban J connectivity index is 2.32. The van der Waals surface area contributed by atoms with Gasteiger partial charge in [0.1, 0.15) is 17.2 Å². The van der Waals surface area contributed by atoms with Gasteiger partial charge >= 0.3 is 0 Å². The lowest BCUT2D eigenvalue weighted by molar-refractivity contribution is 0.630. The van der Waals surface area contributed by atoms with Gasteiger partial charge in [-0.3, -0.25) is 0 Å². The molecule has 5 heteroatoms. The maximum Gasteiger partial charge on any atom is 0.178 e. The second-order valence-electron chi connectivity index (χ2n) is 3.63. The van der Waals surface area contributed by atoms with Gasteiger partial charge in [0, 0.05) is 18.0 Å². The Kier molecular flexibility index (Phi) is 2.04. The molecule has 0 atom stereocenters. The van der Waals surface area contributed by atoms with Gasteiger partial charge in [-0.15, -0.1) is 0 Å². The van der Waals surface area contributed by atoms with Crippen LogP contribution in [0.2, 0.25) is 0 Å². The summed E-state index contributed by atoms with van der Waals surface area (Å²) in [4.78, 5) is 4.11. The van der Waals surface area contributed by atoms with Crippen LogP contribution in [0.5, 0.6) is 0 Å². The van der Waals surface area contributed by atoms with Gasteiger partial charge in [0.05, 0.1) is 0 Å². The van der Waals surface area contributed by atoms with Crippen LogP contribution in [0.15, 0.2) is 42.7 Å². The highest BCUT2D eigenvalue weighted by Gasteiger charge is 2.14. The first-order chi connectivity index (χ1) is 8.27. The maximum absolute atomic E-state index is 13.7. The molecule has 0 amide bonds. The molecular formula is C12H9FN4. The molecule has 4 nitrogen and oxygen atoms in total. The Morgan fingerprint density at radius 1 is 1.18 bits per heavy atom. The number of hydrogen-bond donors (Lipinski definition) is 1. The fourth-order valence-corrected chi connectivity index (χ4v) is 1.76. The van der Waals surface area contributed by atoms with Crippen molar-refractivity contribution in [3.8, 4) is 11.3 Å². The first kappa shape index (κ1) is 9.77. The number of hydrogen-bond acceptors (Lipinski definition) is 3. The van der Waals surface area contributed by atoms with E-state index < -0.39 is 0 Å². The number of aromatic nitrogens is 3. The molecule has 0 aliphatic rings. The molecule has 0 bridgehead atoms. The molecule has 0 radical (unpaired) electrons. The summed E-state index contributed by atoms with van der Waals surface area (Å²) < 4.78 is 15.2. The van der Waals surface area contributed by atoms with Gasteiger partial charge < -0.3 is 5.73 Å². The van der Waals surface area contributed by atoms with E-state index >= 15 is 0 Å². The van der Waals surface area contributed by atoms with Crippen LogP contribution < -0.4 is 5.73 Å². The molecule has 84 valence electrons. The van der Waals surface area contributed by atoms with E-state index in [1.165, 1.54) is 10.6 Å². The molecule has 2 N–H and O–H groups in total. The Bertz CT molecular complexity index is 690. The molecule has 2 aromatic heterocycles.